The van der Waals surface area contributed by atoms with E-state index in [2.05, 4.69) is 33.3 Å². The molecule has 118 valence electrons. The Hall–Kier alpha value is -0.910. The van der Waals surface area contributed by atoms with E-state index in [4.69, 9.17) is 4.52 Å². The van der Waals surface area contributed by atoms with Gasteiger partial charge in [0.15, 0.2) is 5.76 Å². The summed E-state index contributed by atoms with van der Waals surface area (Å²) >= 11 is 0. The van der Waals surface area contributed by atoms with Crippen molar-refractivity contribution in [2.24, 2.45) is 5.92 Å². The van der Waals surface area contributed by atoms with Gasteiger partial charge in [-0.15, -0.1) is 0 Å². The minimum Gasteiger partial charge on any atom is -0.360 e. The first-order valence-electron chi connectivity index (χ1n) is 8.43. The molecule has 1 saturated carbocycles. The molecule has 1 saturated heterocycles. The molecule has 0 aromatic carbocycles. The fourth-order valence-corrected chi connectivity index (χ4v) is 2.92. The molecule has 1 N–H and O–H groups in total. The summed E-state index contributed by atoms with van der Waals surface area (Å²) in [4.78, 5) is 5.10. The fraction of sp³-hybridized carbons (Fsp3) is 0.812. The van der Waals surface area contributed by atoms with Gasteiger partial charge in [0.05, 0.1) is 12.2 Å². The number of rotatable bonds is 8. The first-order chi connectivity index (χ1) is 10.3. The van der Waals surface area contributed by atoms with Crippen molar-refractivity contribution in [3.63, 3.8) is 0 Å². The molecule has 1 aromatic heterocycles. The van der Waals surface area contributed by atoms with Gasteiger partial charge in [-0.2, -0.15) is 0 Å². The van der Waals surface area contributed by atoms with Crippen LogP contribution in [0.25, 0.3) is 0 Å². The standard InChI is InChI=1S/C16H28N4O/c1-2-5-17-11-15-10-16(21-18-15)13-20-8-6-19(7-9-20)12-14-3-4-14/h10,14,17H,2-9,11-13H2,1H3. The highest BCUT2D eigenvalue weighted by molar-refractivity contribution is 5.05. The van der Waals surface area contributed by atoms with Gasteiger partial charge in [0.1, 0.15) is 0 Å². The Labute approximate surface area is 127 Å². The molecule has 2 fully saturated rings. The van der Waals surface area contributed by atoms with Crippen LogP contribution in [0.4, 0.5) is 0 Å². The van der Waals surface area contributed by atoms with Gasteiger partial charge >= 0.3 is 0 Å². The molecule has 0 spiro atoms. The zero-order valence-electron chi connectivity index (χ0n) is 13.2. The first-order valence-corrected chi connectivity index (χ1v) is 8.43. The molecular weight excluding hydrogens is 264 g/mol. The normalized spacial score (nSPS) is 21.0. The summed E-state index contributed by atoms with van der Waals surface area (Å²) in [5.74, 6) is 2.00. The van der Waals surface area contributed by atoms with E-state index in [1.807, 2.05) is 0 Å². The maximum atomic E-state index is 5.45. The average molecular weight is 292 g/mol. The van der Waals surface area contributed by atoms with Crippen LogP contribution in [0.5, 0.6) is 0 Å². The molecule has 1 aliphatic carbocycles. The highest BCUT2D eigenvalue weighted by atomic mass is 16.5. The molecule has 0 unspecified atom stereocenters. The van der Waals surface area contributed by atoms with E-state index in [1.54, 1.807) is 0 Å². The first kappa shape index (κ1) is 15.0. The van der Waals surface area contributed by atoms with E-state index in [9.17, 15) is 0 Å². The molecule has 1 aliphatic heterocycles. The number of piperazine rings is 1. The van der Waals surface area contributed by atoms with Gasteiger partial charge in [-0.1, -0.05) is 12.1 Å². The van der Waals surface area contributed by atoms with Gasteiger partial charge in [0.2, 0.25) is 0 Å². The van der Waals surface area contributed by atoms with Crippen LogP contribution >= 0.6 is 0 Å². The molecule has 5 nitrogen and oxygen atoms in total. The van der Waals surface area contributed by atoms with Crippen molar-refractivity contribution in [3.8, 4) is 0 Å². The number of nitrogens with one attached hydrogen (secondary N) is 1. The molecule has 5 heteroatoms. The number of aromatic nitrogens is 1. The lowest BCUT2D eigenvalue weighted by atomic mass is 10.2. The van der Waals surface area contributed by atoms with Gasteiger partial charge in [0, 0.05) is 45.3 Å². The maximum Gasteiger partial charge on any atom is 0.151 e. The van der Waals surface area contributed by atoms with Crippen LogP contribution in [0.2, 0.25) is 0 Å². The van der Waals surface area contributed by atoms with Crippen molar-refractivity contribution >= 4 is 0 Å². The minimum atomic E-state index is 0.812. The predicted molar refractivity (Wildman–Crippen MR) is 82.9 cm³/mol. The quantitative estimate of drug-likeness (QED) is 0.739. The van der Waals surface area contributed by atoms with E-state index in [-0.39, 0.29) is 0 Å². The van der Waals surface area contributed by atoms with Crippen molar-refractivity contribution in [2.45, 2.75) is 39.3 Å². The Bertz CT molecular complexity index is 422. The lowest BCUT2D eigenvalue weighted by Crippen LogP contribution is -2.46. The van der Waals surface area contributed by atoms with Gasteiger partial charge in [-0.3, -0.25) is 4.90 Å². The second-order valence-corrected chi connectivity index (χ2v) is 6.48. The minimum absolute atomic E-state index is 0.812. The molecule has 2 aliphatic rings. The van der Waals surface area contributed by atoms with Crippen LogP contribution in [0.15, 0.2) is 10.6 Å². The van der Waals surface area contributed by atoms with E-state index in [0.29, 0.717) is 0 Å². The Morgan fingerprint density at radius 3 is 2.71 bits per heavy atom. The number of nitrogens with zero attached hydrogens (tertiary/aromatic N) is 3. The summed E-state index contributed by atoms with van der Waals surface area (Å²) in [5.41, 5.74) is 1.02. The van der Waals surface area contributed by atoms with Gasteiger partial charge in [-0.05, 0) is 31.7 Å². The lowest BCUT2D eigenvalue weighted by Gasteiger charge is -2.34. The molecule has 0 bridgehead atoms. The smallest absolute Gasteiger partial charge is 0.151 e. The van der Waals surface area contributed by atoms with Gasteiger partial charge in [-0.25, -0.2) is 0 Å². The van der Waals surface area contributed by atoms with Gasteiger partial charge in [0.25, 0.3) is 0 Å². The van der Waals surface area contributed by atoms with E-state index >= 15 is 0 Å². The Kier molecular flexibility index (Phi) is 5.27. The second-order valence-electron chi connectivity index (χ2n) is 6.48. The Balaban J connectivity index is 1.38. The van der Waals surface area contributed by atoms with Crippen LogP contribution < -0.4 is 5.32 Å². The van der Waals surface area contributed by atoms with Crippen molar-refractivity contribution in [1.82, 2.24) is 20.3 Å². The maximum absolute atomic E-state index is 5.45. The molecule has 21 heavy (non-hydrogen) atoms. The Morgan fingerprint density at radius 1 is 1.24 bits per heavy atom. The molecule has 0 amide bonds. The zero-order valence-corrected chi connectivity index (χ0v) is 13.2. The summed E-state index contributed by atoms with van der Waals surface area (Å²) in [5, 5.41) is 7.50. The van der Waals surface area contributed by atoms with Crippen molar-refractivity contribution in [3.05, 3.63) is 17.5 Å². The van der Waals surface area contributed by atoms with Crippen LogP contribution in [-0.2, 0) is 13.1 Å². The molecule has 1 aromatic rings. The Morgan fingerprint density at radius 2 is 2.00 bits per heavy atom. The lowest BCUT2D eigenvalue weighted by molar-refractivity contribution is 0.115. The summed E-state index contributed by atoms with van der Waals surface area (Å²) in [6.45, 7) is 10.9. The van der Waals surface area contributed by atoms with Crippen molar-refractivity contribution in [1.29, 1.82) is 0 Å². The number of hydrogen-bond acceptors (Lipinski definition) is 5. The monoisotopic (exact) mass is 292 g/mol. The van der Waals surface area contributed by atoms with Crippen LogP contribution in [-0.4, -0.2) is 54.2 Å². The van der Waals surface area contributed by atoms with Crippen LogP contribution in [0.1, 0.15) is 37.6 Å². The third-order valence-electron chi connectivity index (χ3n) is 4.40. The molecular formula is C16H28N4O. The van der Waals surface area contributed by atoms with Crippen molar-refractivity contribution in [2.75, 3.05) is 39.3 Å². The highest BCUT2D eigenvalue weighted by Gasteiger charge is 2.26. The third kappa shape index (κ3) is 4.80. The third-order valence-corrected chi connectivity index (χ3v) is 4.40. The fourth-order valence-electron chi connectivity index (χ4n) is 2.92. The number of hydrogen-bond donors (Lipinski definition) is 1. The summed E-state index contributed by atoms with van der Waals surface area (Å²) in [7, 11) is 0. The van der Waals surface area contributed by atoms with Crippen LogP contribution in [0, 0.1) is 5.92 Å². The largest absolute Gasteiger partial charge is 0.360 e. The molecule has 0 atom stereocenters. The summed E-state index contributed by atoms with van der Waals surface area (Å²) < 4.78 is 5.45. The summed E-state index contributed by atoms with van der Waals surface area (Å²) in [6.07, 6.45) is 4.05. The topological polar surface area (TPSA) is 44.5 Å². The van der Waals surface area contributed by atoms with E-state index < -0.39 is 0 Å². The van der Waals surface area contributed by atoms with Crippen molar-refractivity contribution < 1.29 is 4.52 Å². The van der Waals surface area contributed by atoms with Crippen LogP contribution in [0.3, 0.4) is 0 Å². The molecule has 3 rings (SSSR count). The zero-order chi connectivity index (χ0) is 14.5. The van der Waals surface area contributed by atoms with E-state index in [1.165, 1.54) is 32.5 Å². The predicted octanol–water partition coefficient (Wildman–Crippen LogP) is 1.70. The van der Waals surface area contributed by atoms with Gasteiger partial charge < -0.3 is 14.7 Å². The summed E-state index contributed by atoms with van der Waals surface area (Å²) in [6, 6.07) is 2.10. The molecule has 2 heterocycles. The average Bonchev–Trinajstić information content (AvgIpc) is 3.20. The second kappa shape index (κ2) is 7.38. The van der Waals surface area contributed by atoms with E-state index in [0.717, 1.165) is 56.5 Å². The SMILES string of the molecule is CCCNCc1cc(CN2CCN(CC3CC3)CC2)on1. The highest BCUT2D eigenvalue weighted by Crippen LogP contribution is 2.29. The molecule has 0 radical (unpaired) electrons.